The average molecular weight is 439 g/mol. The lowest BCUT2D eigenvalue weighted by Gasteiger charge is -2.30. The van der Waals surface area contributed by atoms with E-state index in [-0.39, 0.29) is 17.8 Å². The Morgan fingerprint density at radius 3 is 2.59 bits per heavy atom. The highest BCUT2D eigenvalue weighted by atomic mass is 19.1. The molecule has 0 unspecified atom stereocenters. The Balaban J connectivity index is 1.77. The van der Waals surface area contributed by atoms with E-state index in [4.69, 9.17) is 4.74 Å². The average Bonchev–Trinajstić information content (AvgIpc) is 3.15. The minimum absolute atomic E-state index is 0.00209. The molecule has 0 radical (unpaired) electrons. The summed E-state index contributed by atoms with van der Waals surface area (Å²) < 4.78 is 21.4. The fourth-order valence-corrected chi connectivity index (χ4v) is 4.91. The van der Waals surface area contributed by atoms with Gasteiger partial charge in [0.25, 0.3) is 0 Å². The van der Waals surface area contributed by atoms with Crippen molar-refractivity contribution in [3.05, 3.63) is 53.3 Å². The predicted octanol–water partition coefficient (Wildman–Crippen LogP) is 6.26. The van der Waals surface area contributed by atoms with Gasteiger partial charge in [-0.3, -0.25) is 4.79 Å². The maximum absolute atomic E-state index is 15.0. The van der Waals surface area contributed by atoms with Gasteiger partial charge < -0.3 is 14.6 Å². The highest BCUT2D eigenvalue weighted by Crippen LogP contribution is 2.46. The topological polar surface area (TPSA) is 63.6 Å². The number of halogens is 1. The quantitative estimate of drug-likeness (QED) is 0.494. The molecule has 1 N–H and O–H groups in total. The standard InChI is InChI=1S/C27H31FO4/c1-27(2,26(30)31)19-10-12-24(32-20-11-9-17(15-20)13-14-29)22(16-19)21-7-4-8-23(28)25(21)18-5-3-6-18/h4,7-8,10,12,14,16-18,20H,3,5-6,9,11,13,15H2,1-2H3,(H,30,31)/t17-,20+/m0/s1. The summed E-state index contributed by atoms with van der Waals surface area (Å²) in [5.74, 6) is 0.0402. The number of aldehydes is 1. The van der Waals surface area contributed by atoms with Gasteiger partial charge in [-0.2, -0.15) is 0 Å². The lowest BCUT2D eigenvalue weighted by atomic mass is 9.76. The maximum Gasteiger partial charge on any atom is 0.313 e. The Morgan fingerprint density at radius 1 is 1.16 bits per heavy atom. The van der Waals surface area contributed by atoms with Gasteiger partial charge in [0, 0.05) is 12.0 Å². The molecule has 2 aromatic rings. The number of carbonyl (C=O) groups is 2. The summed E-state index contributed by atoms with van der Waals surface area (Å²) in [6.45, 7) is 3.35. The van der Waals surface area contributed by atoms with Crippen LogP contribution in [0.15, 0.2) is 36.4 Å². The van der Waals surface area contributed by atoms with Gasteiger partial charge in [-0.05, 0) is 92.7 Å². The first-order valence-corrected chi connectivity index (χ1v) is 11.6. The third kappa shape index (κ3) is 4.30. The summed E-state index contributed by atoms with van der Waals surface area (Å²) in [6, 6.07) is 10.6. The van der Waals surface area contributed by atoms with Crippen LogP contribution in [0.3, 0.4) is 0 Å². The molecule has 0 bridgehead atoms. The number of aliphatic carboxylic acids is 1. The van der Waals surface area contributed by atoms with Gasteiger partial charge in [0.1, 0.15) is 17.9 Å². The maximum atomic E-state index is 15.0. The van der Waals surface area contributed by atoms with Crippen LogP contribution in [0.5, 0.6) is 5.75 Å². The first kappa shape index (κ1) is 22.5. The lowest BCUT2D eigenvalue weighted by Crippen LogP contribution is -2.28. The van der Waals surface area contributed by atoms with Gasteiger partial charge in [-0.1, -0.05) is 24.6 Å². The second kappa shape index (κ2) is 9.05. The molecule has 0 heterocycles. The smallest absolute Gasteiger partial charge is 0.313 e. The zero-order valence-electron chi connectivity index (χ0n) is 18.8. The summed E-state index contributed by atoms with van der Waals surface area (Å²) in [7, 11) is 0. The van der Waals surface area contributed by atoms with Crippen LogP contribution in [0.2, 0.25) is 0 Å². The van der Waals surface area contributed by atoms with Crippen LogP contribution in [0.4, 0.5) is 4.39 Å². The second-order valence-electron chi connectivity index (χ2n) is 9.79. The third-order valence-corrected chi connectivity index (χ3v) is 7.31. The molecule has 2 aliphatic carbocycles. The molecular formula is C27H31FO4. The number of hydrogen-bond donors (Lipinski definition) is 1. The summed E-state index contributed by atoms with van der Waals surface area (Å²) in [6.07, 6.45) is 7.17. The van der Waals surface area contributed by atoms with E-state index in [0.717, 1.165) is 55.9 Å². The minimum Gasteiger partial charge on any atom is -0.490 e. The zero-order valence-corrected chi connectivity index (χ0v) is 18.8. The first-order chi connectivity index (χ1) is 15.3. The Morgan fingerprint density at radius 2 is 1.94 bits per heavy atom. The van der Waals surface area contributed by atoms with Gasteiger partial charge >= 0.3 is 5.97 Å². The zero-order chi connectivity index (χ0) is 22.9. The van der Waals surface area contributed by atoms with Gasteiger partial charge in [0.15, 0.2) is 0 Å². The van der Waals surface area contributed by atoms with Crippen molar-refractivity contribution in [2.24, 2.45) is 5.92 Å². The number of hydrogen-bond acceptors (Lipinski definition) is 3. The Kier molecular flexibility index (Phi) is 6.36. The van der Waals surface area contributed by atoms with Crippen LogP contribution in [0.1, 0.15) is 75.8 Å². The first-order valence-electron chi connectivity index (χ1n) is 11.6. The van der Waals surface area contributed by atoms with Crippen molar-refractivity contribution in [1.82, 2.24) is 0 Å². The van der Waals surface area contributed by atoms with Crippen LogP contribution < -0.4 is 4.74 Å². The van der Waals surface area contributed by atoms with Crippen LogP contribution in [0, 0.1) is 11.7 Å². The Labute approximate surface area is 188 Å². The Hall–Kier alpha value is -2.69. The molecule has 0 aliphatic heterocycles. The van der Waals surface area contributed by atoms with E-state index in [2.05, 4.69) is 0 Å². The highest BCUT2D eigenvalue weighted by molar-refractivity contribution is 5.83. The van der Waals surface area contributed by atoms with E-state index < -0.39 is 11.4 Å². The molecule has 2 aromatic carbocycles. The number of ether oxygens (including phenoxy) is 1. The number of rotatable bonds is 8. The van der Waals surface area contributed by atoms with Gasteiger partial charge in [0.2, 0.25) is 0 Å². The molecule has 2 saturated carbocycles. The largest absolute Gasteiger partial charge is 0.490 e. The summed E-state index contributed by atoms with van der Waals surface area (Å²) >= 11 is 0. The van der Waals surface area contributed by atoms with Crippen molar-refractivity contribution >= 4 is 12.3 Å². The SMILES string of the molecule is CC(C)(C(=O)O)c1ccc(O[C@@H]2CC[C@@H](CC=O)C2)c(-c2cccc(F)c2C2CCC2)c1. The van der Waals surface area contributed by atoms with Gasteiger partial charge in [-0.15, -0.1) is 0 Å². The fourth-order valence-electron chi connectivity index (χ4n) is 4.91. The molecular weight excluding hydrogens is 407 g/mol. The summed E-state index contributed by atoms with van der Waals surface area (Å²) in [5.41, 5.74) is 1.81. The summed E-state index contributed by atoms with van der Waals surface area (Å²) in [5, 5.41) is 9.75. The summed E-state index contributed by atoms with van der Waals surface area (Å²) in [4.78, 5) is 22.8. The molecule has 0 amide bonds. The molecule has 0 saturated heterocycles. The number of carboxylic acid groups (broad SMARTS) is 1. The van der Waals surface area contributed by atoms with E-state index in [0.29, 0.717) is 29.2 Å². The van der Waals surface area contributed by atoms with Crippen molar-refractivity contribution < 1.29 is 23.8 Å². The van der Waals surface area contributed by atoms with E-state index in [1.165, 1.54) is 6.07 Å². The van der Waals surface area contributed by atoms with Crippen LogP contribution >= 0.6 is 0 Å². The predicted molar refractivity (Wildman–Crippen MR) is 122 cm³/mol. The van der Waals surface area contributed by atoms with Crippen molar-refractivity contribution in [3.8, 4) is 16.9 Å². The van der Waals surface area contributed by atoms with Crippen molar-refractivity contribution in [2.75, 3.05) is 0 Å². The number of carbonyl (C=O) groups excluding carboxylic acids is 1. The molecule has 0 spiro atoms. The van der Waals surface area contributed by atoms with Crippen molar-refractivity contribution in [1.29, 1.82) is 0 Å². The highest BCUT2D eigenvalue weighted by Gasteiger charge is 2.33. The Bertz CT molecular complexity index is 1010. The van der Waals surface area contributed by atoms with E-state index in [1.54, 1.807) is 26.0 Å². The van der Waals surface area contributed by atoms with E-state index in [9.17, 15) is 19.1 Å². The van der Waals surface area contributed by atoms with Crippen molar-refractivity contribution in [3.63, 3.8) is 0 Å². The molecule has 2 fully saturated rings. The third-order valence-electron chi connectivity index (χ3n) is 7.31. The molecule has 4 rings (SSSR count). The normalized spacial score (nSPS) is 21.2. The molecule has 5 heteroatoms. The molecule has 32 heavy (non-hydrogen) atoms. The fraction of sp³-hybridized carbons (Fsp3) is 0.481. The lowest BCUT2D eigenvalue weighted by molar-refractivity contribution is -0.142. The molecule has 2 atom stereocenters. The van der Waals surface area contributed by atoms with Crippen LogP contribution in [-0.2, 0) is 15.0 Å². The van der Waals surface area contributed by atoms with E-state index in [1.807, 2.05) is 18.2 Å². The van der Waals surface area contributed by atoms with Gasteiger partial charge in [-0.25, -0.2) is 4.39 Å². The van der Waals surface area contributed by atoms with Crippen LogP contribution in [-0.4, -0.2) is 23.5 Å². The number of benzene rings is 2. The van der Waals surface area contributed by atoms with Crippen LogP contribution in [0.25, 0.3) is 11.1 Å². The molecule has 4 nitrogen and oxygen atoms in total. The second-order valence-corrected chi connectivity index (χ2v) is 9.79. The molecule has 0 aromatic heterocycles. The monoisotopic (exact) mass is 438 g/mol. The van der Waals surface area contributed by atoms with Gasteiger partial charge in [0.05, 0.1) is 11.5 Å². The molecule has 2 aliphatic rings. The van der Waals surface area contributed by atoms with Crippen molar-refractivity contribution in [2.45, 2.75) is 76.2 Å². The van der Waals surface area contributed by atoms with E-state index >= 15 is 0 Å². The minimum atomic E-state index is -1.08. The number of carboxylic acids is 1. The molecule has 170 valence electrons.